The molecule has 0 aromatic carbocycles. The number of hydrogen-bond acceptors (Lipinski definition) is 2. The Balaban J connectivity index is 2.06. The van der Waals surface area contributed by atoms with Crippen LogP contribution in [0.25, 0.3) is 0 Å². The van der Waals surface area contributed by atoms with Gasteiger partial charge in [-0.1, -0.05) is 12.3 Å². The van der Waals surface area contributed by atoms with Crippen molar-refractivity contribution in [2.24, 2.45) is 5.73 Å². The largest absolute Gasteiger partial charge is 0.328 e. The van der Waals surface area contributed by atoms with Gasteiger partial charge in [0.25, 0.3) is 0 Å². The smallest absolute Gasteiger partial charge is 0.0603 e. The van der Waals surface area contributed by atoms with Gasteiger partial charge in [-0.3, -0.25) is 4.90 Å². The third-order valence-corrected chi connectivity index (χ3v) is 3.44. The van der Waals surface area contributed by atoms with Gasteiger partial charge in [-0.15, -0.1) is 6.42 Å². The normalized spacial score (nSPS) is 39.8. The summed E-state index contributed by atoms with van der Waals surface area (Å²) in [6.07, 6.45) is 11.6. The molecule has 2 saturated heterocycles. The molecular formula is C11H18N2. The molecule has 2 bridgehead atoms. The Labute approximate surface area is 80.5 Å². The van der Waals surface area contributed by atoms with Crippen molar-refractivity contribution in [1.29, 1.82) is 0 Å². The van der Waals surface area contributed by atoms with Crippen LogP contribution in [0.1, 0.15) is 32.1 Å². The van der Waals surface area contributed by atoms with Gasteiger partial charge in [0.15, 0.2) is 0 Å². The van der Waals surface area contributed by atoms with Crippen molar-refractivity contribution < 1.29 is 0 Å². The van der Waals surface area contributed by atoms with Crippen LogP contribution in [0, 0.1) is 12.3 Å². The van der Waals surface area contributed by atoms with Crippen LogP contribution in [0.5, 0.6) is 0 Å². The lowest BCUT2D eigenvalue weighted by atomic mass is 9.82. The third-order valence-electron chi connectivity index (χ3n) is 3.44. The fourth-order valence-electron chi connectivity index (χ4n) is 2.88. The maximum Gasteiger partial charge on any atom is 0.0603 e. The molecule has 2 N–H and O–H groups in total. The topological polar surface area (TPSA) is 29.3 Å². The number of nitrogens with zero attached hydrogens (tertiary/aromatic N) is 1. The second-order valence-corrected chi connectivity index (χ2v) is 4.35. The van der Waals surface area contributed by atoms with E-state index in [1.165, 1.54) is 19.3 Å². The van der Waals surface area contributed by atoms with E-state index in [9.17, 15) is 0 Å². The molecule has 0 aliphatic carbocycles. The molecule has 2 unspecified atom stereocenters. The van der Waals surface area contributed by atoms with Crippen molar-refractivity contribution in [2.45, 2.75) is 50.2 Å². The molecule has 0 saturated carbocycles. The van der Waals surface area contributed by atoms with Gasteiger partial charge in [-0.2, -0.15) is 0 Å². The molecule has 2 atom stereocenters. The van der Waals surface area contributed by atoms with E-state index in [2.05, 4.69) is 10.8 Å². The van der Waals surface area contributed by atoms with Crippen LogP contribution in [0.3, 0.4) is 0 Å². The Kier molecular flexibility index (Phi) is 2.57. The predicted octanol–water partition coefficient (Wildman–Crippen LogP) is 0.964. The Hall–Kier alpha value is -0.520. The minimum absolute atomic E-state index is 0.421. The summed E-state index contributed by atoms with van der Waals surface area (Å²) >= 11 is 0. The summed E-state index contributed by atoms with van der Waals surface area (Å²) in [6.45, 7) is 0.821. The maximum atomic E-state index is 6.01. The number of nitrogens with two attached hydrogens (primary N) is 1. The SMILES string of the molecule is C#CCN1C2CCCC1CC(N)C2. The molecule has 72 valence electrons. The summed E-state index contributed by atoms with van der Waals surface area (Å²) in [4.78, 5) is 2.49. The maximum absolute atomic E-state index is 6.01. The molecule has 2 aliphatic rings. The van der Waals surface area contributed by atoms with Gasteiger partial charge in [0.2, 0.25) is 0 Å². The second-order valence-electron chi connectivity index (χ2n) is 4.35. The predicted molar refractivity (Wildman–Crippen MR) is 54.2 cm³/mol. The van der Waals surface area contributed by atoms with Crippen LogP contribution in [0.4, 0.5) is 0 Å². The molecule has 0 aromatic heterocycles. The van der Waals surface area contributed by atoms with Crippen LogP contribution in [-0.4, -0.2) is 29.6 Å². The average Bonchev–Trinajstić information content (AvgIpc) is 2.07. The number of hydrogen-bond donors (Lipinski definition) is 1. The monoisotopic (exact) mass is 178 g/mol. The van der Waals surface area contributed by atoms with E-state index in [0.717, 1.165) is 19.4 Å². The number of piperidine rings is 2. The lowest BCUT2D eigenvalue weighted by Crippen LogP contribution is -2.55. The number of terminal acetylenes is 1. The van der Waals surface area contributed by atoms with E-state index in [1.54, 1.807) is 0 Å². The summed E-state index contributed by atoms with van der Waals surface area (Å²) in [5.41, 5.74) is 6.01. The molecule has 0 spiro atoms. The fraction of sp³-hybridized carbons (Fsp3) is 0.818. The third kappa shape index (κ3) is 1.72. The molecule has 0 aromatic rings. The van der Waals surface area contributed by atoms with E-state index in [-0.39, 0.29) is 0 Å². The van der Waals surface area contributed by atoms with E-state index in [4.69, 9.17) is 12.2 Å². The fourth-order valence-corrected chi connectivity index (χ4v) is 2.88. The van der Waals surface area contributed by atoms with Crippen molar-refractivity contribution in [2.75, 3.05) is 6.54 Å². The van der Waals surface area contributed by atoms with Crippen LogP contribution < -0.4 is 5.73 Å². The first kappa shape index (κ1) is 9.05. The van der Waals surface area contributed by atoms with Crippen molar-refractivity contribution in [3.05, 3.63) is 0 Å². The molecule has 2 rings (SSSR count). The molecule has 2 nitrogen and oxygen atoms in total. The highest BCUT2D eigenvalue weighted by Crippen LogP contribution is 2.32. The average molecular weight is 178 g/mol. The standard InChI is InChI=1S/C11H18N2/c1-2-6-13-10-4-3-5-11(13)8-9(12)7-10/h1,9-11H,3-8,12H2. The van der Waals surface area contributed by atoms with Gasteiger partial charge in [0, 0.05) is 18.1 Å². The van der Waals surface area contributed by atoms with E-state index in [1.807, 2.05) is 0 Å². The van der Waals surface area contributed by atoms with Gasteiger partial charge >= 0.3 is 0 Å². The van der Waals surface area contributed by atoms with Crippen molar-refractivity contribution in [3.63, 3.8) is 0 Å². The highest BCUT2D eigenvalue weighted by molar-refractivity contribution is 4.99. The Morgan fingerprint density at radius 2 is 1.92 bits per heavy atom. The van der Waals surface area contributed by atoms with Gasteiger partial charge in [0.1, 0.15) is 0 Å². The van der Waals surface area contributed by atoms with E-state index >= 15 is 0 Å². The van der Waals surface area contributed by atoms with Crippen LogP contribution >= 0.6 is 0 Å². The van der Waals surface area contributed by atoms with E-state index in [0.29, 0.717) is 18.1 Å². The summed E-state index contributed by atoms with van der Waals surface area (Å²) < 4.78 is 0. The van der Waals surface area contributed by atoms with Gasteiger partial charge in [0.05, 0.1) is 6.54 Å². The summed E-state index contributed by atoms with van der Waals surface area (Å²) in [6, 6.07) is 1.78. The summed E-state index contributed by atoms with van der Waals surface area (Å²) in [5, 5.41) is 0. The van der Waals surface area contributed by atoms with Gasteiger partial charge in [-0.25, -0.2) is 0 Å². The molecular weight excluding hydrogens is 160 g/mol. The van der Waals surface area contributed by atoms with Crippen molar-refractivity contribution in [3.8, 4) is 12.3 Å². The lowest BCUT2D eigenvalue weighted by molar-refractivity contribution is 0.0445. The summed E-state index contributed by atoms with van der Waals surface area (Å²) in [5.74, 6) is 2.77. The van der Waals surface area contributed by atoms with Gasteiger partial charge in [-0.05, 0) is 25.7 Å². The van der Waals surface area contributed by atoms with Crippen LogP contribution in [-0.2, 0) is 0 Å². The molecule has 2 heterocycles. The Bertz CT molecular complexity index is 205. The minimum atomic E-state index is 0.421. The molecule has 2 heteroatoms. The first-order chi connectivity index (χ1) is 6.31. The zero-order valence-electron chi connectivity index (χ0n) is 8.08. The van der Waals surface area contributed by atoms with Crippen molar-refractivity contribution >= 4 is 0 Å². The Morgan fingerprint density at radius 3 is 2.46 bits per heavy atom. The van der Waals surface area contributed by atoms with E-state index < -0.39 is 0 Å². The molecule has 0 radical (unpaired) electrons. The zero-order chi connectivity index (χ0) is 9.26. The molecule has 2 aliphatic heterocycles. The first-order valence-electron chi connectivity index (χ1n) is 5.26. The van der Waals surface area contributed by atoms with Crippen LogP contribution in [0.2, 0.25) is 0 Å². The minimum Gasteiger partial charge on any atom is -0.328 e. The van der Waals surface area contributed by atoms with Gasteiger partial charge < -0.3 is 5.73 Å². The van der Waals surface area contributed by atoms with Crippen LogP contribution in [0.15, 0.2) is 0 Å². The molecule has 2 fully saturated rings. The molecule has 13 heavy (non-hydrogen) atoms. The van der Waals surface area contributed by atoms with Crippen molar-refractivity contribution in [1.82, 2.24) is 4.90 Å². The molecule has 0 amide bonds. The number of fused-ring (bicyclic) bond motifs is 2. The second kappa shape index (κ2) is 3.69. The highest BCUT2D eigenvalue weighted by atomic mass is 15.2. The lowest BCUT2D eigenvalue weighted by Gasteiger charge is -2.47. The highest BCUT2D eigenvalue weighted by Gasteiger charge is 2.36. The first-order valence-corrected chi connectivity index (χ1v) is 5.26. The number of rotatable bonds is 1. The summed E-state index contributed by atoms with van der Waals surface area (Å²) in [7, 11) is 0. The quantitative estimate of drug-likeness (QED) is 0.606. The zero-order valence-corrected chi connectivity index (χ0v) is 8.08. The Morgan fingerprint density at radius 1 is 1.31 bits per heavy atom.